The van der Waals surface area contributed by atoms with Crippen LogP contribution in [-0.4, -0.2) is 29.3 Å². The Hall–Kier alpha value is -0.970. The predicted octanol–water partition coefficient (Wildman–Crippen LogP) is 2.84. The highest BCUT2D eigenvalue weighted by molar-refractivity contribution is 7.98. The Balaban J connectivity index is 2.14. The fourth-order valence-corrected chi connectivity index (χ4v) is 2.65. The van der Waals surface area contributed by atoms with Gasteiger partial charge >= 0.3 is 0 Å². The highest BCUT2D eigenvalue weighted by Crippen LogP contribution is 2.28. The molecule has 1 aliphatic rings. The highest BCUT2D eigenvalue weighted by atomic mass is 32.2. The van der Waals surface area contributed by atoms with Crippen LogP contribution in [0.2, 0.25) is 0 Å². The summed E-state index contributed by atoms with van der Waals surface area (Å²) in [5.74, 6) is 2.55. The van der Waals surface area contributed by atoms with Gasteiger partial charge in [0.2, 0.25) is 0 Å². The molecule has 0 bridgehead atoms. The molecule has 2 atom stereocenters. The summed E-state index contributed by atoms with van der Waals surface area (Å²) in [4.78, 5) is 8.86. The molecule has 2 N–H and O–H groups in total. The van der Waals surface area contributed by atoms with Gasteiger partial charge in [-0.05, 0) is 25.0 Å². The first-order chi connectivity index (χ1) is 8.22. The van der Waals surface area contributed by atoms with E-state index in [0.717, 1.165) is 22.7 Å². The van der Waals surface area contributed by atoms with Crippen molar-refractivity contribution in [3.8, 4) is 0 Å². The first-order valence-electron chi connectivity index (χ1n) is 6.10. The topological polar surface area (TPSA) is 49.8 Å². The zero-order valence-electron chi connectivity index (χ0n) is 10.7. The van der Waals surface area contributed by atoms with Gasteiger partial charge in [0.25, 0.3) is 0 Å². The minimum absolute atomic E-state index is 0.560. The number of nitrogens with one attached hydrogen (secondary N) is 2. The molecule has 0 amide bonds. The minimum atomic E-state index is 0.560. The van der Waals surface area contributed by atoms with Crippen molar-refractivity contribution in [2.45, 2.75) is 37.4 Å². The zero-order chi connectivity index (χ0) is 12.3. The Morgan fingerprint density at radius 2 is 2.06 bits per heavy atom. The van der Waals surface area contributed by atoms with Crippen LogP contribution in [0, 0.1) is 5.92 Å². The molecule has 1 aliphatic carbocycles. The average Bonchev–Trinajstić information content (AvgIpc) is 2.74. The molecule has 1 aromatic rings. The van der Waals surface area contributed by atoms with Crippen LogP contribution in [0.4, 0.5) is 11.6 Å². The van der Waals surface area contributed by atoms with Crippen LogP contribution in [0.15, 0.2) is 11.2 Å². The van der Waals surface area contributed by atoms with Crippen molar-refractivity contribution >= 4 is 23.4 Å². The molecule has 94 valence electrons. The van der Waals surface area contributed by atoms with E-state index in [0.29, 0.717) is 6.04 Å². The van der Waals surface area contributed by atoms with Crippen molar-refractivity contribution in [3.05, 3.63) is 6.07 Å². The van der Waals surface area contributed by atoms with E-state index < -0.39 is 0 Å². The maximum atomic E-state index is 4.50. The van der Waals surface area contributed by atoms with Crippen LogP contribution in [0.5, 0.6) is 0 Å². The van der Waals surface area contributed by atoms with E-state index in [4.69, 9.17) is 0 Å². The fourth-order valence-electron chi connectivity index (χ4n) is 2.27. The Morgan fingerprint density at radius 1 is 1.29 bits per heavy atom. The monoisotopic (exact) mass is 252 g/mol. The fraction of sp³-hybridized carbons (Fsp3) is 0.667. The third-order valence-electron chi connectivity index (χ3n) is 3.34. The average molecular weight is 252 g/mol. The summed E-state index contributed by atoms with van der Waals surface area (Å²) < 4.78 is 0. The number of hydrogen-bond acceptors (Lipinski definition) is 5. The van der Waals surface area contributed by atoms with Gasteiger partial charge in [0, 0.05) is 19.2 Å². The third kappa shape index (κ3) is 3.03. The number of thioether (sulfide) groups is 1. The molecule has 0 aromatic carbocycles. The molecule has 1 fully saturated rings. The number of aromatic nitrogens is 2. The van der Waals surface area contributed by atoms with Crippen LogP contribution in [0.1, 0.15) is 26.2 Å². The summed E-state index contributed by atoms with van der Waals surface area (Å²) in [6.45, 7) is 2.31. The van der Waals surface area contributed by atoms with Gasteiger partial charge in [0.15, 0.2) is 5.16 Å². The molecule has 4 nitrogen and oxygen atoms in total. The van der Waals surface area contributed by atoms with Gasteiger partial charge < -0.3 is 10.6 Å². The second kappa shape index (κ2) is 5.58. The normalized spacial score (nSPS) is 23.7. The smallest absolute Gasteiger partial charge is 0.191 e. The Bertz CT molecular complexity index is 361. The molecule has 1 saturated carbocycles. The van der Waals surface area contributed by atoms with Gasteiger partial charge in [-0.3, -0.25) is 0 Å². The molecular formula is C12H20N4S. The molecule has 0 saturated heterocycles. The van der Waals surface area contributed by atoms with Crippen LogP contribution in [-0.2, 0) is 0 Å². The van der Waals surface area contributed by atoms with Crippen LogP contribution < -0.4 is 10.6 Å². The maximum absolute atomic E-state index is 4.50. The molecule has 2 rings (SSSR count). The summed E-state index contributed by atoms with van der Waals surface area (Å²) in [5, 5.41) is 7.42. The summed E-state index contributed by atoms with van der Waals surface area (Å²) in [7, 11) is 1.88. The van der Waals surface area contributed by atoms with E-state index in [-0.39, 0.29) is 0 Å². The second-order valence-corrected chi connectivity index (χ2v) is 5.31. The summed E-state index contributed by atoms with van der Waals surface area (Å²) in [6.07, 6.45) is 5.88. The van der Waals surface area contributed by atoms with Crippen molar-refractivity contribution in [2.24, 2.45) is 5.92 Å². The molecule has 0 radical (unpaired) electrons. The predicted molar refractivity (Wildman–Crippen MR) is 73.8 cm³/mol. The van der Waals surface area contributed by atoms with E-state index in [1.54, 1.807) is 11.8 Å². The van der Waals surface area contributed by atoms with E-state index in [1.807, 2.05) is 19.4 Å². The summed E-state index contributed by atoms with van der Waals surface area (Å²) in [5.41, 5.74) is 0. The Morgan fingerprint density at radius 3 is 2.65 bits per heavy atom. The first-order valence-corrected chi connectivity index (χ1v) is 7.32. The summed E-state index contributed by atoms with van der Waals surface area (Å²) >= 11 is 1.57. The van der Waals surface area contributed by atoms with Crippen LogP contribution in [0.25, 0.3) is 0 Å². The van der Waals surface area contributed by atoms with Gasteiger partial charge in [-0.1, -0.05) is 25.1 Å². The molecule has 2 unspecified atom stereocenters. The molecule has 1 heterocycles. The van der Waals surface area contributed by atoms with Gasteiger partial charge in [-0.2, -0.15) is 0 Å². The molecule has 5 heteroatoms. The first kappa shape index (κ1) is 12.5. The molecule has 0 spiro atoms. The molecule has 0 aliphatic heterocycles. The largest absolute Gasteiger partial charge is 0.373 e. The van der Waals surface area contributed by atoms with E-state index >= 15 is 0 Å². The molecule has 17 heavy (non-hydrogen) atoms. The zero-order valence-corrected chi connectivity index (χ0v) is 11.5. The van der Waals surface area contributed by atoms with E-state index in [9.17, 15) is 0 Å². The second-order valence-electron chi connectivity index (χ2n) is 4.53. The standard InChI is InChI=1S/C12H20N4S/c1-8-5-4-6-9(8)14-11-7-10(13-2)15-12(16-11)17-3/h7-9H,4-6H2,1-3H3,(H2,13,14,15,16). The SMILES string of the molecule is CNc1cc(NC2CCCC2C)nc(SC)n1. The third-order valence-corrected chi connectivity index (χ3v) is 3.89. The van der Waals surface area contributed by atoms with Crippen LogP contribution in [0.3, 0.4) is 0 Å². The Kier molecular flexibility index (Phi) is 4.10. The van der Waals surface area contributed by atoms with Gasteiger partial charge in [-0.25, -0.2) is 9.97 Å². The number of rotatable bonds is 4. The summed E-state index contributed by atoms with van der Waals surface area (Å²) in [6, 6.07) is 2.54. The van der Waals surface area contributed by atoms with Gasteiger partial charge in [0.05, 0.1) is 0 Å². The van der Waals surface area contributed by atoms with Crippen molar-refractivity contribution in [2.75, 3.05) is 23.9 Å². The van der Waals surface area contributed by atoms with Gasteiger partial charge in [0.1, 0.15) is 11.6 Å². The number of hydrogen-bond donors (Lipinski definition) is 2. The molecule has 1 aromatic heterocycles. The van der Waals surface area contributed by atoms with Crippen LogP contribution >= 0.6 is 11.8 Å². The number of anilines is 2. The van der Waals surface area contributed by atoms with Gasteiger partial charge in [-0.15, -0.1) is 0 Å². The quantitative estimate of drug-likeness (QED) is 0.637. The lowest BCUT2D eigenvalue weighted by molar-refractivity contribution is 0.554. The highest BCUT2D eigenvalue weighted by Gasteiger charge is 2.23. The lowest BCUT2D eigenvalue weighted by Gasteiger charge is -2.18. The lowest BCUT2D eigenvalue weighted by Crippen LogP contribution is -2.22. The maximum Gasteiger partial charge on any atom is 0.191 e. The molecular weight excluding hydrogens is 232 g/mol. The van der Waals surface area contributed by atoms with Crippen molar-refractivity contribution in [3.63, 3.8) is 0 Å². The van der Waals surface area contributed by atoms with Crippen molar-refractivity contribution < 1.29 is 0 Å². The lowest BCUT2D eigenvalue weighted by atomic mass is 10.1. The number of nitrogens with zero attached hydrogens (tertiary/aromatic N) is 2. The van der Waals surface area contributed by atoms with E-state index in [1.165, 1.54) is 19.3 Å². The van der Waals surface area contributed by atoms with E-state index in [2.05, 4.69) is 27.5 Å². The van der Waals surface area contributed by atoms with Crippen molar-refractivity contribution in [1.82, 2.24) is 9.97 Å². The Labute approximate surface area is 107 Å². The van der Waals surface area contributed by atoms with Crippen molar-refractivity contribution in [1.29, 1.82) is 0 Å². The minimum Gasteiger partial charge on any atom is -0.373 e.